The van der Waals surface area contributed by atoms with Crippen molar-refractivity contribution >= 4 is 23.2 Å². The second-order valence-electron chi connectivity index (χ2n) is 7.31. The Bertz CT molecular complexity index is 1060. The summed E-state index contributed by atoms with van der Waals surface area (Å²) in [4.78, 5) is 32.5. The number of hydrogen-bond acceptors (Lipinski definition) is 8. The van der Waals surface area contributed by atoms with E-state index in [0.29, 0.717) is 17.2 Å². The van der Waals surface area contributed by atoms with Crippen LogP contribution in [0.15, 0.2) is 42.9 Å². The highest BCUT2D eigenvalue weighted by molar-refractivity contribution is 6.06. The summed E-state index contributed by atoms with van der Waals surface area (Å²) >= 11 is 0. The van der Waals surface area contributed by atoms with E-state index >= 15 is 0 Å². The fraction of sp³-hybridized carbons (Fsp3) is 0.286. The van der Waals surface area contributed by atoms with E-state index in [1.54, 1.807) is 12.4 Å². The van der Waals surface area contributed by atoms with Crippen molar-refractivity contribution in [2.75, 3.05) is 29.0 Å². The van der Waals surface area contributed by atoms with Gasteiger partial charge in [0.15, 0.2) is 17.3 Å². The van der Waals surface area contributed by atoms with Crippen LogP contribution in [0, 0.1) is 6.92 Å². The van der Waals surface area contributed by atoms with E-state index in [0.717, 1.165) is 37.2 Å². The molecule has 1 aliphatic heterocycles. The molecule has 30 heavy (non-hydrogen) atoms. The maximum Gasteiger partial charge on any atom is 0.279 e. The molecule has 0 unspecified atom stereocenters. The molecule has 9 nitrogen and oxygen atoms in total. The Morgan fingerprint density at radius 1 is 1.13 bits per heavy atom. The Morgan fingerprint density at radius 2 is 1.87 bits per heavy atom. The third kappa shape index (κ3) is 4.06. The molecule has 0 aromatic carbocycles. The predicted octanol–water partition coefficient (Wildman–Crippen LogP) is 2.00. The second kappa shape index (κ2) is 8.42. The van der Waals surface area contributed by atoms with Crippen molar-refractivity contribution in [2.45, 2.75) is 25.8 Å². The first-order valence-corrected chi connectivity index (χ1v) is 9.84. The van der Waals surface area contributed by atoms with Crippen molar-refractivity contribution in [1.29, 1.82) is 0 Å². The zero-order valence-corrected chi connectivity index (χ0v) is 16.7. The lowest BCUT2D eigenvalue weighted by atomic mass is 10.1. The summed E-state index contributed by atoms with van der Waals surface area (Å²) in [6.07, 6.45) is 6.62. The third-order valence-corrected chi connectivity index (χ3v) is 5.17. The van der Waals surface area contributed by atoms with Gasteiger partial charge < -0.3 is 21.7 Å². The van der Waals surface area contributed by atoms with Crippen LogP contribution in [-0.2, 0) is 0 Å². The number of carbonyl (C=O) groups is 1. The van der Waals surface area contributed by atoms with Crippen LogP contribution in [0.2, 0.25) is 0 Å². The topological polar surface area (TPSA) is 136 Å². The number of aromatic nitrogens is 4. The lowest BCUT2D eigenvalue weighted by Crippen LogP contribution is -2.40. The standard InChI is InChI=1S/C21H24N8O/c1-13-4-2-8-24-17(13)15-12-26-19(23)18(27-15)21(30)28-20-16(5-3-9-25-20)29-10-6-14(22)7-11-29/h2-5,8-9,12,14H,6-7,10-11,22H2,1H3,(H2,23,26)(H,25,28,30). The fourth-order valence-corrected chi connectivity index (χ4v) is 3.49. The molecule has 0 saturated carbocycles. The van der Waals surface area contributed by atoms with E-state index in [1.807, 2.05) is 31.2 Å². The zero-order chi connectivity index (χ0) is 21.1. The van der Waals surface area contributed by atoms with E-state index in [1.165, 1.54) is 6.20 Å². The highest BCUT2D eigenvalue weighted by Gasteiger charge is 2.22. The number of nitrogens with one attached hydrogen (secondary N) is 1. The summed E-state index contributed by atoms with van der Waals surface area (Å²) in [7, 11) is 0. The van der Waals surface area contributed by atoms with Crippen molar-refractivity contribution in [1.82, 2.24) is 19.9 Å². The van der Waals surface area contributed by atoms with Crippen LogP contribution in [0.5, 0.6) is 0 Å². The van der Waals surface area contributed by atoms with Gasteiger partial charge >= 0.3 is 0 Å². The van der Waals surface area contributed by atoms with E-state index in [-0.39, 0.29) is 17.6 Å². The first-order valence-electron chi connectivity index (χ1n) is 9.84. The fourth-order valence-electron chi connectivity index (χ4n) is 3.49. The van der Waals surface area contributed by atoms with Crippen molar-refractivity contribution in [3.63, 3.8) is 0 Å². The number of carbonyl (C=O) groups excluding carboxylic acids is 1. The Morgan fingerprint density at radius 3 is 2.63 bits per heavy atom. The summed E-state index contributed by atoms with van der Waals surface area (Å²) in [5, 5.41) is 2.84. The molecule has 4 heterocycles. The number of pyridine rings is 2. The first kappa shape index (κ1) is 19.7. The van der Waals surface area contributed by atoms with Gasteiger partial charge in [-0.1, -0.05) is 6.07 Å². The number of piperidine rings is 1. The number of rotatable bonds is 4. The molecule has 0 atom stereocenters. The van der Waals surface area contributed by atoms with Crippen LogP contribution in [0.3, 0.4) is 0 Å². The summed E-state index contributed by atoms with van der Waals surface area (Å²) in [6, 6.07) is 7.75. The minimum atomic E-state index is -0.468. The van der Waals surface area contributed by atoms with Gasteiger partial charge in [-0.25, -0.2) is 15.0 Å². The van der Waals surface area contributed by atoms with Gasteiger partial charge in [-0.3, -0.25) is 9.78 Å². The zero-order valence-electron chi connectivity index (χ0n) is 16.7. The van der Waals surface area contributed by atoms with Crippen molar-refractivity contribution in [2.24, 2.45) is 5.73 Å². The van der Waals surface area contributed by atoms with Crippen LogP contribution in [0.25, 0.3) is 11.4 Å². The number of hydrogen-bond donors (Lipinski definition) is 3. The van der Waals surface area contributed by atoms with Gasteiger partial charge in [-0.15, -0.1) is 0 Å². The molecule has 0 aliphatic carbocycles. The van der Waals surface area contributed by atoms with Gasteiger partial charge in [0.25, 0.3) is 5.91 Å². The molecule has 3 aromatic rings. The molecule has 1 fully saturated rings. The molecule has 1 aliphatic rings. The SMILES string of the molecule is Cc1cccnc1-c1cnc(N)c(C(=O)Nc2ncccc2N2CCC(N)CC2)n1. The molecule has 1 saturated heterocycles. The quantitative estimate of drug-likeness (QED) is 0.601. The van der Waals surface area contributed by atoms with Gasteiger partial charge in [0, 0.05) is 31.5 Å². The molecule has 5 N–H and O–H groups in total. The molecule has 0 spiro atoms. The Kier molecular flexibility index (Phi) is 5.53. The normalized spacial score (nSPS) is 14.5. The maximum atomic E-state index is 13.0. The summed E-state index contributed by atoms with van der Waals surface area (Å²) in [6.45, 7) is 3.54. The van der Waals surface area contributed by atoms with Crippen molar-refractivity contribution in [3.05, 3.63) is 54.1 Å². The number of nitrogen functional groups attached to an aromatic ring is 1. The van der Waals surface area contributed by atoms with E-state index in [4.69, 9.17) is 11.5 Å². The largest absolute Gasteiger partial charge is 0.382 e. The van der Waals surface area contributed by atoms with E-state index < -0.39 is 5.91 Å². The highest BCUT2D eigenvalue weighted by atomic mass is 16.2. The number of nitrogens with zero attached hydrogens (tertiary/aromatic N) is 5. The second-order valence-corrected chi connectivity index (χ2v) is 7.31. The number of aryl methyl sites for hydroxylation is 1. The van der Waals surface area contributed by atoms with E-state index in [9.17, 15) is 4.79 Å². The van der Waals surface area contributed by atoms with E-state index in [2.05, 4.69) is 30.2 Å². The Balaban J connectivity index is 1.61. The molecular weight excluding hydrogens is 380 g/mol. The number of anilines is 3. The Hall–Kier alpha value is -3.59. The predicted molar refractivity (Wildman–Crippen MR) is 116 cm³/mol. The minimum absolute atomic E-state index is 0.0369. The first-order chi connectivity index (χ1) is 14.5. The van der Waals surface area contributed by atoms with Gasteiger partial charge in [-0.05, 0) is 43.5 Å². The number of nitrogens with two attached hydrogens (primary N) is 2. The van der Waals surface area contributed by atoms with Crippen LogP contribution in [-0.4, -0.2) is 45.0 Å². The van der Waals surface area contributed by atoms with Gasteiger partial charge in [0.05, 0.1) is 17.6 Å². The summed E-state index contributed by atoms with van der Waals surface area (Å²) in [5.74, 6) is 0.0361. The Labute approximate surface area is 174 Å². The molecule has 0 bridgehead atoms. The van der Waals surface area contributed by atoms with Gasteiger partial charge in [0.1, 0.15) is 5.69 Å². The number of amides is 1. The molecule has 4 rings (SSSR count). The van der Waals surface area contributed by atoms with Gasteiger partial charge in [-0.2, -0.15) is 0 Å². The molecule has 154 valence electrons. The average molecular weight is 404 g/mol. The van der Waals surface area contributed by atoms with Crippen LogP contribution in [0.4, 0.5) is 17.3 Å². The summed E-state index contributed by atoms with van der Waals surface area (Å²) in [5.41, 5.74) is 14.9. The van der Waals surface area contributed by atoms with Crippen molar-refractivity contribution in [3.8, 4) is 11.4 Å². The maximum absolute atomic E-state index is 13.0. The van der Waals surface area contributed by atoms with Crippen LogP contribution in [0.1, 0.15) is 28.9 Å². The van der Waals surface area contributed by atoms with Gasteiger partial charge in [0.2, 0.25) is 0 Å². The third-order valence-electron chi connectivity index (χ3n) is 5.17. The molecule has 9 heteroatoms. The molecule has 3 aromatic heterocycles. The monoisotopic (exact) mass is 404 g/mol. The molecule has 0 radical (unpaired) electrons. The minimum Gasteiger partial charge on any atom is -0.382 e. The highest BCUT2D eigenvalue weighted by Crippen LogP contribution is 2.27. The van der Waals surface area contributed by atoms with Crippen LogP contribution < -0.4 is 21.7 Å². The van der Waals surface area contributed by atoms with Crippen molar-refractivity contribution < 1.29 is 4.79 Å². The average Bonchev–Trinajstić information content (AvgIpc) is 2.76. The smallest absolute Gasteiger partial charge is 0.279 e. The molecule has 1 amide bonds. The summed E-state index contributed by atoms with van der Waals surface area (Å²) < 4.78 is 0. The molecular formula is C21H24N8O. The van der Waals surface area contributed by atoms with Crippen LogP contribution >= 0.6 is 0 Å². The lowest BCUT2D eigenvalue weighted by molar-refractivity contribution is 0.102. The lowest BCUT2D eigenvalue weighted by Gasteiger charge is -2.32.